The smallest absolute Gasteiger partial charge is 0.224 e. The average Bonchev–Trinajstić information content (AvgIpc) is 2.60. The van der Waals surface area contributed by atoms with E-state index in [2.05, 4.69) is 43.5 Å². The molecule has 0 saturated carbocycles. The van der Waals surface area contributed by atoms with Crippen LogP contribution in [-0.4, -0.2) is 19.9 Å². The maximum atomic E-state index is 5.85. The van der Waals surface area contributed by atoms with Gasteiger partial charge in [-0.05, 0) is 11.5 Å². The molecule has 4 aromatic rings. The van der Waals surface area contributed by atoms with Crippen molar-refractivity contribution in [3.63, 3.8) is 0 Å². The van der Waals surface area contributed by atoms with Crippen molar-refractivity contribution in [3.05, 3.63) is 54.4 Å². The van der Waals surface area contributed by atoms with Crippen molar-refractivity contribution in [1.29, 1.82) is 0 Å². The quantitative estimate of drug-likeness (QED) is 0.531. The summed E-state index contributed by atoms with van der Waals surface area (Å²) < 4.78 is 0. The summed E-state index contributed by atoms with van der Waals surface area (Å²) in [6, 6.07) is 14.3. The van der Waals surface area contributed by atoms with Crippen LogP contribution in [0.25, 0.3) is 21.9 Å². The standard InChI is InChI=1S/C17H15N7/c18-15-14-16(24-17(19)23-15)21-9-11(22-14)8-20-13-7-3-5-10-4-1-2-6-12(10)13/h1-7,9,20H,8H2,(H4,18,19,21,23,24). The van der Waals surface area contributed by atoms with Crippen LogP contribution in [0, 0.1) is 0 Å². The minimum Gasteiger partial charge on any atom is -0.382 e. The summed E-state index contributed by atoms with van der Waals surface area (Å²) in [5.74, 6) is 0.327. The van der Waals surface area contributed by atoms with Crippen molar-refractivity contribution in [2.45, 2.75) is 6.54 Å². The minimum atomic E-state index is 0.0935. The fourth-order valence-electron chi connectivity index (χ4n) is 2.63. The fourth-order valence-corrected chi connectivity index (χ4v) is 2.63. The van der Waals surface area contributed by atoms with Crippen LogP contribution in [0.3, 0.4) is 0 Å². The maximum absolute atomic E-state index is 5.85. The molecule has 0 aliphatic rings. The molecule has 118 valence electrons. The SMILES string of the molecule is Nc1nc(N)c2nc(CNc3cccc4ccccc34)cnc2n1. The Morgan fingerprint density at radius 1 is 0.917 bits per heavy atom. The summed E-state index contributed by atoms with van der Waals surface area (Å²) in [7, 11) is 0. The molecule has 24 heavy (non-hydrogen) atoms. The van der Waals surface area contributed by atoms with Gasteiger partial charge in [-0.2, -0.15) is 9.97 Å². The maximum Gasteiger partial charge on any atom is 0.224 e. The number of nitrogen functional groups attached to an aromatic ring is 2. The van der Waals surface area contributed by atoms with Gasteiger partial charge in [-0.3, -0.25) is 0 Å². The van der Waals surface area contributed by atoms with Gasteiger partial charge in [0, 0.05) is 11.1 Å². The van der Waals surface area contributed by atoms with Gasteiger partial charge in [-0.15, -0.1) is 0 Å². The molecule has 0 amide bonds. The molecule has 0 atom stereocenters. The Hall–Kier alpha value is -3.48. The Morgan fingerprint density at radius 3 is 2.67 bits per heavy atom. The van der Waals surface area contributed by atoms with E-state index in [1.165, 1.54) is 5.39 Å². The van der Waals surface area contributed by atoms with E-state index in [0.29, 0.717) is 17.7 Å². The number of hydrogen-bond acceptors (Lipinski definition) is 7. The first-order valence-electron chi connectivity index (χ1n) is 7.47. The summed E-state index contributed by atoms with van der Waals surface area (Å²) in [6.45, 7) is 0.515. The lowest BCUT2D eigenvalue weighted by Gasteiger charge is -2.10. The average molecular weight is 317 g/mol. The lowest BCUT2D eigenvalue weighted by molar-refractivity contribution is 1.03. The van der Waals surface area contributed by atoms with Crippen LogP contribution in [0.4, 0.5) is 17.5 Å². The second-order valence-corrected chi connectivity index (χ2v) is 5.38. The van der Waals surface area contributed by atoms with Crippen molar-refractivity contribution in [3.8, 4) is 0 Å². The van der Waals surface area contributed by atoms with Crippen molar-refractivity contribution < 1.29 is 0 Å². The molecule has 0 radical (unpaired) electrons. The first kappa shape index (κ1) is 14.1. The minimum absolute atomic E-state index is 0.0935. The number of rotatable bonds is 3. The monoisotopic (exact) mass is 317 g/mol. The van der Waals surface area contributed by atoms with E-state index in [9.17, 15) is 0 Å². The first-order valence-corrected chi connectivity index (χ1v) is 7.47. The van der Waals surface area contributed by atoms with Gasteiger partial charge in [-0.25, -0.2) is 9.97 Å². The third-order valence-corrected chi connectivity index (χ3v) is 3.75. The van der Waals surface area contributed by atoms with Crippen molar-refractivity contribution in [2.75, 3.05) is 16.8 Å². The van der Waals surface area contributed by atoms with Gasteiger partial charge in [-0.1, -0.05) is 36.4 Å². The predicted octanol–water partition coefficient (Wildman–Crippen LogP) is 2.35. The van der Waals surface area contributed by atoms with Crippen molar-refractivity contribution in [2.24, 2.45) is 0 Å². The van der Waals surface area contributed by atoms with Crippen LogP contribution < -0.4 is 16.8 Å². The molecule has 0 spiro atoms. The van der Waals surface area contributed by atoms with Crippen molar-refractivity contribution >= 4 is 39.4 Å². The van der Waals surface area contributed by atoms with E-state index in [1.807, 2.05) is 24.3 Å². The van der Waals surface area contributed by atoms with E-state index in [4.69, 9.17) is 11.5 Å². The number of nitrogens with zero attached hydrogens (tertiary/aromatic N) is 4. The third-order valence-electron chi connectivity index (χ3n) is 3.75. The molecule has 0 aliphatic heterocycles. The molecule has 5 N–H and O–H groups in total. The van der Waals surface area contributed by atoms with E-state index in [1.54, 1.807) is 6.20 Å². The lowest BCUT2D eigenvalue weighted by atomic mass is 10.1. The van der Waals surface area contributed by atoms with Gasteiger partial charge in [0.1, 0.15) is 0 Å². The Kier molecular flexibility index (Phi) is 3.31. The van der Waals surface area contributed by atoms with Gasteiger partial charge in [0.15, 0.2) is 17.0 Å². The van der Waals surface area contributed by atoms with E-state index in [-0.39, 0.29) is 11.8 Å². The lowest BCUT2D eigenvalue weighted by Crippen LogP contribution is -2.07. The molecule has 2 aromatic heterocycles. The third kappa shape index (κ3) is 2.52. The van der Waals surface area contributed by atoms with E-state index in [0.717, 1.165) is 16.8 Å². The zero-order chi connectivity index (χ0) is 16.5. The molecule has 0 aliphatic carbocycles. The van der Waals surface area contributed by atoms with Crippen LogP contribution in [0.15, 0.2) is 48.7 Å². The number of anilines is 3. The number of aromatic nitrogens is 4. The largest absolute Gasteiger partial charge is 0.382 e. The predicted molar refractivity (Wildman–Crippen MR) is 95.2 cm³/mol. The normalized spacial score (nSPS) is 11.0. The number of nitrogens with one attached hydrogen (secondary N) is 1. The molecular formula is C17H15N7. The van der Waals surface area contributed by atoms with Crippen LogP contribution in [-0.2, 0) is 6.54 Å². The van der Waals surface area contributed by atoms with Gasteiger partial charge < -0.3 is 16.8 Å². The zero-order valence-corrected chi connectivity index (χ0v) is 12.8. The van der Waals surface area contributed by atoms with Crippen LogP contribution >= 0.6 is 0 Å². The van der Waals surface area contributed by atoms with Gasteiger partial charge >= 0.3 is 0 Å². The van der Waals surface area contributed by atoms with Crippen LogP contribution in [0.2, 0.25) is 0 Å². The highest BCUT2D eigenvalue weighted by Gasteiger charge is 2.08. The Balaban J connectivity index is 1.65. The van der Waals surface area contributed by atoms with Crippen LogP contribution in [0.5, 0.6) is 0 Å². The fraction of sp³-hybridized carbons (Fsp3) is 0.0588. The molecule has 2 aromatic carbocycles. The summed E-state index contributed by atoms with van der Waals surface area (Å²) >= 11 is 0. The number of benzene rings is 2. The molecule has 4 rings (SSSR count). The summed E-state index contributed by atoms with van der Waals surface area (Å²) in [6.07, 6.45) is 1.66. The molecule has 7 nitrogen and oxygen atoms in total. The molecule has 7 heteroatoms. The number of hydrogen-bond donors (Lipinski definition) is 3. The second kappa shape index (κ2) is 5.62. The van der Waals surface area contributed by atoms with Gasteiger partial charge in [0.05, 0.1) is 18.4 Å². The summed E-state index contributed by atoms with van der Waals surface area (Å²) in [4.78, 5) is 16.7. The van der Waals surface area contributed by atoms with Crippen LogP contribution in [0.1, 0.15) is 5.69 Å². The highest BCUT2D eigenvalue weighted by atomic mass is 15.1. The topological polar surface area (TPSA) is 116 Å². The van der Waals surface area contributed by atoms with Gasteiger partial charge in [0.2, 0.25) is 5.95 Å². The molecular weight excluding hydrogens is 302 g/mol. The van der Waals surface area contributed by atoms with Crippen molar-refractivity contribution in [1.82, 2.24) is 19.9 Å². The highest BCUT2D eigenvalue weighted by Crippen LogP contribution is 2.23. The molecule has 0 unspecified atom stereocenters. The highest BCUT2D eigenvalue weighted by molar-refractivity contribution is 5.93. The summed E-state index contributed by atoms with van der Waals surface area (Å²) in [5.41, 5.74) is 14.1. The Labute approximate surface area is 137 Å². The Bertz CT molecular complexity index is 1040. The summed E-state index contributed by atoms with van der Waals surface area (Å²) in [5, 5.41) is 5.73. The second-order valence-electron chi connectivity index (χ2n) is 5.38. The van der Waals surface area contributed by atoms with E-state index >= 15 is 0 Å². The van der Waals surface area contributed by atoms with E-state index < -0.39 is 0 Å². The molecule has 2 heterocycles. The van der Waals surface area contributed by atoms with Gasteiger partial charge in [0.25, 0.3) is 0 Å². The molecule has 0 saturated heterocycles. The molecule has 0 bridgehead atoms. The molecule has 0 fully saturated rings. The zero-order valence-electron chi connectivity index (χ0n) is 12.8. The number of nitrogens with two attached hydrogens (primary N) is 2. The first-order chi connectivity index (χ1) is 11.7. The number of fused-ring (bicyclic) bond motifs is 2. The Morgan fingerprint density at radius 2 is 1.75 bits per heavy atom.